The van der Waals surface area contributed by atoms with Crippen molar-refractivity contribution in [2.75, 3.05) is 26.3 Å². The summed E-state index contributed by atoms with van der Waals surface area (Å²) in [7, 11) is 0. The van der Waals surface area contributed by atoms with Crippen LogP contribution in [0, 0.1) is 11.8 Å². The highest BCUT2D eigenvalue weighted by Gasteiger charge is 2.19. The summed E-state index contributed by atoms with van der Waals surface area (Å²) in [4.78, 5) is 0. The minimum atomic E-state index is -0.358. The fourth-order valence-corrected chi connectivity index (χ4v) is 3.21. The first-order valence-corrected chi connectivity index (χ1v) is 9.22. The van der Waals surface area contributed by atoms with E-state index in [1.165, 1.54) is 51.4 Å². The maximum atomic E-state index is 9.87. The highest BCUT2D eigenvalue weighted by Crippen LogP contribution is 2.29. The molecule has 1 saturated carbocycles. The molecule has 0 aromatic carbocycles. The lowest BCUT2D eigenvalue weighted by Gasteiger charge is -2.28. The van der Waals surface area contributed by atoms with Crippen LogP contribution in [0.2, 0.25) is 0 Å². The summed E-state index contributed by atoms with van der Waals surface area (Å²) in [5.41, 5.74) is 0. The fraction of sp³-hybridized carbons (Fsp3) is 1.00. The molecule has 0 aromatic rings. The lowest BCUT2D eigenvalue weighted by atomic mass is 9.81. The Labute approximate surface area is 131 Å². The highest BCUT2D eigenvalue weighted by molar-refractivity contribution is 4.73. The van der Waals surface area contributed by atoms with Gasteiger partial charge < -0.3 is 15.2 Å². The Hall–Kier alpha value is -0.120. The van der Waals surface area contributed by atoms with Gasteiger partial charge in [0.1, 0.15) is 0 Å². The van der Waals surface area contributed by atoms with Gasteiger partial charge in [0.15, 0.2) is 0 Å². The van der Waals surface area contributed by atoms with Crippen molar-refractivity contribution in [3.05, 3.63) is 0 Å². The number of aliphatic hydroxyl groups is 1. The van der Waals surface area contributed by atoms with Crippen LogP contribution in [-0.4, -0.2) is 37.5 Å². The summed E-state index contributed by atoms with van der Waals surface area (Å²) >= 11 is 0. The third kappa shape index (κ3) is 9.49. The molecule has 2 N–H and O–H groups in total. The first kappa shape index (κ1) is 18.9. The SMILES string of the molecule is CCCCCCOCC(O)CNCC1CCC(CC)CC1. The van der Waals surface area contributed by atoms with Crippen LogP contribution >= 0.6 is 0 Å². The average molecular weight is 299 g/mol. The van der Waals surface area contributed by atoms with Crippen molar-refractivity contribution in [1.29, 1.82) is 0 Å². The van der Waals surface area contributed by atoms with Gasteiger partial charge in [0.2, 0.25) is 0 Å². The zero-order valence-corrected chi connectivity index (χ0v) is 14.3. The van der Waals surface area contributed by atoms with Crippen LogP contribution in [0.15, 0.2) is 0 Å². The molecule has 0 aliphatic heterocycles. The second kappa shape index (κ2) is 12.4. The maximum Gasteiger partial charge on any atom is 0.0897 e. The second-order valence-corrected chi connectivity index (χ2v) is 6.74. The van der Waals surface area contributed by atoms with Crippen molar-refractivity contribution in [1.82, 2.24) is 5.32 Å². The number of rotatable bonds is 12. The first-order chi connectivity index (χ1) is 10.3. The molecule has 0 amide bonds. The molecule has 1 fully saturated rings. The molecule has 1 aliphatic rings. The molecule has 0 bridgehead atoms. The molecule has 21 heavy (non-hydrogen) atoms. The largest absolute Gasteiger partial charge is 0.389 e. The predicted octanol–water partition coefficient (Wildman–Crippen LogP) is 3.75. The molecule has 0 radical (unpaired) electrons. The van der Waals surface area contributed by atoms with Crippen LogP contribution in [-0.2, 0) is 4.74 Å². The summed E-state index contributed by atoms with van der Waals surface area (Å²) in [5, 5.41) is 13.3. The van der Waals surface area contributed by atoms with Crippen molar-refractivity contribution < 1.29 is 9.84 Å². The van der Waals surface area contributed by atoms with Gasteiger partial charge in [0.25, 0.3) is 0 Å². The predicted molar refractivity (Wildman–Crippen MR) is 89.6 cm³/mol. The molecule has 1 atom stereocenters. The van der Waals surface area contributed by atoms with E-state index in [2.05, 4.69) is 19.2 Å². The second-order valence-electron chi connectivity index (χ2n) is 6.74. The molecular weight excluding hydrogens is 262 g/mol. The zero-order chi connectivity index (χ0) is 15.3. The first-order valence-electron chi connectivity index (χ1n) is 9.22. The van der Waals surface area contributed by atoms with Crippen molar-refractivity contribution in [2.24, 2.45) is 11.8 Å². The molecule has 0 spiro atoms. The van der Waals surface area contributed by atoms with Crippen LogP contribution in [0.5, 0.6) is 0 Å². The average Bonchev–Trinajstić information content (AvgIpc) is 2.51. The van der Waals surface area contributed by atoms with Gasteiger partial charge in [-0.05, 0) is 37.6 Å². The molecule has 0 saturated heterocycles. The van der Waals surface area contributed by atoms with Crippen LogP contribution < -0.4 is 5.32 Å². The Bertz CT molecular complexity index is 227. The molecule has 1 rings (SSSR count). The van der Waals surface area contributed by atoms with E-state index < -0.39 is 0 Å². The molecule has 0 aromatic heterocycles. The standard InChI is InChI=1S/C18H37NO2/c1-3-5-6-7-12-21-15-18(20)14-19-13-17-10-8-16(4-2)9-11-17/h16-20H,3-15H2,1-2H3. The van der Waals surface area contributed by atoms with E-state index >= 15 is 0 Å². The summed E-state index contributed by atoms with van der Waals surface area (Å²) in [6.45, 7) is 7.51. The van der Waals surface area contributed by atoms with Gasteiger partial charge >= 0.3 is 0 Å². The van der Waals surface area contributed by atoms with Gasteiger partial charge in [-0.15, -0.1) is 0 Å². The molecular formula is C18H37NO2. The fourth-order valence-electron chi connectivity index (χ4n) is 3.21. The summed E-state index contributed by atoms with van der Waals surface area (Å²) in [6.07, 6.45) is 11.4. The van der Waals surface area contributed by atoms with Crippen LogP contribution in [0.4, 0.5) is 0 Å². The summed E-state index contributed by atoms with van der Waals surface area (Å²) in [5.74, 6) is 1.78. The Kier molecular flexibility index (Phi) is 11.2. The minimum Gasteiger partial charge on any atom is -0.389 e. The smallest absolute Gasteiger partial charge is 0.0897 e. The number of unbranched alkanes of at least 4 members (excludes halogenated alkanes) is 3. The third-order valence-electron chi connectivity index (χ3n) is 4.81. The van der Waals surface area contributed by atoms with Crippen LogP contribution in [0.3, 0.4) is 0 Å². The van der Waals surface area contributed by atoms with Gasteiger partial charge in [-0.2, -0.15) is 0 Å². The van der Waals surface area contributed by atoms with E-state index in [0.29, 0.717) is 13.2 Å². The number of nitrogens with one attached hydrogen (secondary N) is 1. The van der Waals surface area contributed by atoms with Crippen molar-refractivity contribution >= 4 is 0 Å². The Balaban J connectivity index is 1.90. The van der Waals surface area contributed by atoms with E-state index in [1.54, 1.807) is 0 Å². The summed E-state index contributed by atoms with van der Waals surface area (Å²) in [6, 6.07) is 0. The minimum absolute atomic E-state index is 0.358. The van der Waals surface area contributed by atoms with E-state index in [1.807, 2.05) is 0 Å². The maximum absolute atomic E-state index is 9.87. The van der Waals surface area contributed by atoms with Gasteiger partial charge in [-0.3, -0.25) is 0 Å². The van der Waals surface area contributed by atoms with Gasteiger partial charge in [-0.25, -0.2) is 0 Å². The van der Waals surface area contributed by atoms with Crippen molar-refractivity contribution in [3.8, 4) is 0 Å². The normalized spacial score (nSPS) is 24.1. The van der Waals surface area contributed by atoms with Crippen molar-refractivity contribution in [3.63, 3.8) is 0 Å². The lowest BCUT2D eigenvalue weighted by Crippen LogP contribution is -2.34. The number of hydrogen-bond donors (Lipinski definition) is 2. The number of hydrogen-bond acceptors (Lipinski definition) is 3. The van der Waals surface area contributed by atoms with E-state index in [0.717, 1.165) is 31.4 Å². The van der Waals surface area contributed by atoms with Crippen LogP contribution in [0.1, 0.15) is 71.6 Å². The molecule has 3 nitrogen and oxygen atoms in total. The molecule has 1 aliphatic carbocycles. The molecule has 1 unspecified atom stereocenters. The van der Waals surface area contributed by atoms with Gasteiger partial charge in [0.05, 0.1) is 12.7 Å². The highest BCUT2D eigenvalue weighted by atomic mass is 16.5. The van der Waals surface area contributed by atoms with E-state index in [-0.39, 0.29) is 6.10 Å². The number of aliphatic hydroxyl groups excluding tert-OH is 1. The van der Waals surface area contributed by atoms with Crippen molar-refractivity contribution in [2.45, 2.75) is 77.7 Å². The number of ether oxygens (including phenoxy) is 1. The Morgan fingerprint density at radius 1 is 1.05 bits per heavy atom. The van der Waals surface area contributed by atoms with E-state index in [4.69, 9.17) is 4.74 Å². The zero-order valence-electron chi connectivity index (χ0n) is 14.3. The van der Waals surface area contributed by atoms with Gasteiger partial charge in [0, 0.05) is 13.2 Å². The molecule has 3 heteroatoms. The topological polar surface area (TPSA) is 41.5 Å². The molecule has 0 heterocycles. The third-order valence-corrected chi connectivity index (χ3v) is 4.81. The Morgan fingerprint density at radius 3 is 2.43 bits per heavy atom. The molecule has 126 valence electrons. The summed E-state index contributed by atoms with van der Waals surface area (Å²) < 4.78 is 5.52. The quantitative estimate of drug-likeness (QED) is 0.539. The van der Waals surface area contributed by atoms with E-state index in [9.17, 15) is 5.11 Å². The van der Waals surface area contributed by atoms with Crippen LogP contribution in [0.25, 0.3) is 0 Å². The Morgan fingerprint density at radius 2 is 1.76 bits per heavy atom. The van der Waals surface area contributed by atoms with Gasteiger partial charge in [-0.1, -0.05) is 52.4 Å². The lowest BCUT2D eigenvalue weighted by molar-refractivity contribution is 0.0348. The monoisotopic (exact) mass is 299 g/mol.